The van der Waals surface area contributed by atoms with E-state index in [0.717, 1.165) is 23.1 Å². The lowest BCUT2D eigenvalue weighted by molar-refractivity contribution is 0.0673. The molecule has 0 saturated heterocycles. The molecule has 31 heavy (non-hydrogen) atoms. The number of hydrogen-bond acceptors (Lipinski definition) is 3. The van der Waals surface area contributed by atoms with E-state index in [-0.39, 0.29) is 17.5 Å². The van der Waals surface area contributed by atoms with Gasteiger partial charge in [-0.1, -0.05) is 0 Å². The van der Waals surface area contributed by atoms with Crippen molar-refractivity contribution in [2.45, 2.75) is 19.4 Å². The van der Waals surface area contributed by atoms with Crippen LogP contribution in [-0.4, -0.2) is 37.1 Å². The smallest absolute Gasteiger partial charge is 0.256 e. The van der Waals surface area contributed by atoms with Crippen LogP contribution in [0, 0.1) is 17.5 Å². The third-order valence-corrected chi connectivity index (χ3v) is 5.81. The van der Waals surface area contributed by atoms with Gasteiger partial charge < -0.3 is 9.88 Å². The average Bonchev–Trinajstić information content (AvgIpc) is 3.35. The Labute approximate surface area is 175 Å². The second-order valence-electron chi connectivity index (χ2n) is 7.65. The van der Waals surface area contributed by atoms with Gasteiger partial charge in [0.15, 0.2) is 17.5 Å². The van der Waals surface area contributed by atoms with Crippen LogP contribution in [0.3, 0.4) is 0 Å². The minimum absolute atomic E-state index is 0.167. The number of aryl methyl sites for hydroxylation is 1. The molecule has 9 heteroatoms. The van der Waals surface area contributed by atoms with E-state index in [9.17, 15) is 18.0 Å². The molecule has 0 bridgehead atoms. The van der Waals surface area contributed by atoms with Gasteiger partial charge in [0.25, 0.3) is 5.91 Å². The van der Waals surface area contributed by atoms with Crippen LogP contribution < -0.4 is 0 Å². The summed E-state index contributed by atoms with van der Waals surface area (Å²) < 4.78 is 42.6. The predicted octanol–water partition coefficient (Wildman–Crippen LogP) is 4.14. The second-order valence-corrected chi connectivity index (χ2v) is 7.65. The highest BCUT2D eigenvalue weighted by molar-refractivity contribution is 5.97. The number of benzene rings is 1. The quantitative estimate of drug-likeness (QED) is 0.491. The zero-order chi connectivity index (χ0) is 21.9. The van der Waals surface area contributed by atoms with E-state index in [1.807, 2.05) is 13.0 Å². The van der Waals surface area contributed by atoms with Gasteiger partial charge in [-0.15, -0.1) is 0 Å². The zero-order valence-electron chi connectivity index (χ0n) is 16.8. The first kappa shape index (κ1) is 19.3. The average molecular weight is 425 g/mol. The standard InChI is InChI=1S/C22H18F3N5O/c1-11-19-15(20(29(2)28-19)13-8-16(23)18(25)17(24)9-13)4-6-30(11)22(31)14-7-12-3-5-26-21(12)27-10-14/h3,5,7-11H,4,6H2,1-2H3,(H,26,27)/t11-/m0/s1. The fraction of sp³-hybridized carbons (Fsp3) is 0.227. The van der Waals surface area contributed by atoms with Crippen molar-refractivity contribution in [3.8, 4) is 11.3 Å². The maximum atomic E-state index is 13.8. The topological polar surface area (TPSA) is 66.8 Å². The molecule has 4 heterocycles. The molecular formula is C22H18F3N5O. The number of carbonyl (C=O) groups is 1. The number of aromatic amines is 1. The summed E-state index contributed by atoms with van der Waals surface area (Å²) in [4.78, 5) is 22.2. The van der Waals surface area contributed by atoms with E-state index in [1.165, 1.54) is 10.9 Å². The normalized spacial score (nSPS) is 16.0. The van der Waals surface area contributed by atoms with Gasteiger partial charge in [-0.2, -0.15) is 5.10 Å². The maximum Gasteiger partial charge on any atom is 0.256 e. The molecule has 5 rings (SSSR count). The Bertz CT molecular complexity index is 1320. The van der Waals surface area contributed by atoms with E-state index in [1.54, 1.807) is 24.2 Å². The molecular weight excluding hydrogens is 407 g/mol. The summed E-state index contributed by atoms with van der Waals surface area (Å²) in [7, 11) is 1.66. The lowest BCUT2D eigenvalue weighted by atomic mass is 9.95. The van der Waals surface area contributed by atoms with E-state index in [0.29, 0.717) is 35.6 Å². The number of carbonyl (C=O) groups excluding carboxylic acids is 1. The van der Waals surface area contributed by atoms with Crippen molar-refractivity contribution >= 4 is 16.9 Å². The molecule has 1 aliphatic heterocycles. The van der Waals surface area contributed by atoms with Crippen LogP contribution in [0.15, 0.2) is 36.7 Å². The third-order valence-electron chi connectivity index (χ3n) is 5.81. The first-order chi connectivity index (χ1) is 14.8. The Morgan fingerprint density at radius 1 is 1.19 bits per heavy atom. The number of rotatable bonds is 2. The summed E-state index contributed by atoms with van der Waals surface area (Å²) in [6.45, 7) is 2.27. The molecule has 158 valence electrons. The predicted molar refractivity (Wildman–Crippen MR) is 108 cm³/mol. The van der Waals surface area contributed by atoms with Crippen LogP contribution in [-0.2, 0) is 13.5 Å². The number of fused-ring (bicyclic) bond motifs is 2. The van der Waals surface area contributed by atoms with Gasteiger partial charge in [0.2, 0.25) is 0 Å². The summed E-state index contributed by atoms with van der Waals surface area (Å²) in [5, 5.41) is 5.37. The van der Waals surface area contributed by atoms with Crippen molar-refractivity contribution in [2.75, 3.05) is 6.54 Å². The van der Waals surface area contributed by atoms with Gasteiger partial charge in [0, 0.05) is 42.5 Å². The molecule has 0 aliphatic carbocycles. The molecule has 1 aliphatic rings. The SMILES string of the molecule is C[C@H]1c2nn(C)c(-c3cc(F)c(F)c(F)c3)c2CCN1C(=O)c1cnc2[nH]ccc2c1. The number of nitrogens with one attached hydrogen (secondary N) is 1. The Morgan fingerprint density at radius 2 is 1.94 bits per heavy atom. The van der Waals surface area contributed by atoms with Crippen LogP contribution in [0.25, 0.3) is 22.3 Å². The molecule has 0 saturated carbocycles. The van der Waals surface area contributed by atoms with Crippen molar-refractivity contribution in [3.63, 3.8) is 0 Å². The second kappa shape index (κ2) is 6.97. The van der Waals surface area contributed by atoms with Gasteiger partial charge in [-0.3, -0.25) is 9.48 Å². The lowest BCUT2D eigenvalue weighted by Gasteiger charge is -2.33. The van der Waals surface area contributed by atoms with Crippen LogP contribution >= 0.6 is 0 Å². The summed E-state index contributed by atoms with van der Waals surface area (Å²) >= 11 is 0. The monoisotopic (exact) mass is 425 g/mol. The van der Waals surface area contributed by atoms with Crippen molar-refractivity contribution < 1.29 is 18.0 Å². The Morgan fingerprint density at radius 3 is 2.68 bits per heavy atom. The molecule has 0 unspecified atom stereocenters. The first-order valence-electron chi connectivity index (χ1n) is 9.80. The highest BCUT2D eigenvalue weighted by Crippen LogP contribution is 2.36. The van der Waals surface area contributed by atoms with Crippen LogP contribution in [0.4, 0.5) is 13.2 Å². The molecule has 4 aromatic rings. The Kier molecular flexibility index (Phi) is 4.35. The number of amides is 1. The number of halogens is 3. The van der Waals surface area contributed by atoms with Crippen LogP contribution in [0.5, 0.6) is 0 Å². The van der Waals surface area contributed by atoms with E-state index >= 15 is 0 Å². The third kappa shape index (κ3) is 2.99. The van der Waals surface area contributed by atoms with E-state index < -0.39 is 17.5 Å². The molecule has 3 aromatic heterocycles. The minimum atomic E-state index is -1.50. The highest BCUT2D eigenvalue weighted by Gasteiger charge is 2.33. The number of nitrogens with zero attached hydrogens (tertiary/aromatic N) is 4. The molecule has 1 atom stereocenters. The largest absolute Gasteiger partial charge is 0.346 e. The van der Waals surface area contributed by atoms with Gasteiger partial charge in [0.1, 0.15) is 5.65 Å². The summed E-state index contributed by atoms with van der Waals surface area (Å²) in [5.41, 5.74) is 3.35. The van der Waals surface area contributed by atoms with Gasteiger partial charge in [-0.25, -0.2) is 18.2 Å². The van der Waals surface area contributed by atoms with Gasteiger partial charge in [0.05, 0.1) is 23.0 Å². The Hall–Kier alpha value is -3.62. The minimum Gasteiger partial charge on any atom is -0.346 e. The highest BCUT2D eigenvalue weighted by atomic mass is 19.2. The zero-order valence-corrected chi connectivity index (χ0v) is 16.8. The lowest BCUT2D eigenvalue weighted by Crippen LogP contribution is -2.39. The summed E-state index contributed by atoms with van der Waals surface area (Å²) in [5.74, 6) is -4.17. The van der Waals surface area contributed by atoms with Crippen molar-refractivity contribution in [1.29, 1.82) is 0 Å². The van der Waals surface area contributed by atoms with E-state index in [4.69, 9.17) is 0 Å². The fourth-order valence-corrected chi connectivity index (χ4v) is 4.30. The summed E-state index contributed by atoms with van der Waals surface area (Å²) in [6, 6.07) is 5.22. The van der Waals surface area contributed by atoms with Crippen molar-refractivity contribution in [1.82, 2.24) is 24.6 Å². The maximum absolute atomic E-state index is 13.8. The fourth-order valence-electron chi connectivity index (χ4n) is 4.30. The van der Waals surface area contributed by atoms with Crippen molar-refractivity contribution in [3.05, 3.63) is 70.9 Å². The first-order valence-corrected chi connectivity index (χ1v) is 9.80. The molecule has 1 N–H and O–H groups in total. The molecule has 0 fully saturated rings. The van der Waals surface area contributed by atoms with Crippen LogP contribution in [0.2, 0.25) is 0 Å². The Balaban J connectivity index is 1.51. The van der Waals surface area contributed by atoms with Gasteiger partial charge in [-0.05, 0) is 37.6 Å². The van der Waals surface area contributed by atoms with Crippen molar-refractivity contribution in [2.24, 2.45) is 7.05 Å². The van der Waals surface area contributed by atoms with Gasteiger partial charge >= 0.3 is 0 Å². The molecule has 1 amide bonds. The summed E-state index contributed by atoms with van der Waals surface area (Å²) in [6.07, 6.45) is 3.75. The molecule has 0 radical (unpaired) electrons. The number of hydrogen-bond donors (Lipinski definition) is 1. The molecule has 0 spiro atoms. The number of pyridine rings is 1. The van der Waals surface area contributed by atoms with E-state index in [2.05, 4.69) is 15.1 Å². The molecule has 1 aromatic carbocycles. The number of aromatic nitrogens is 4. The van der Waals surface area contributed by atoms with Crippen LogP contribution in [0.1, 0.15) is 34.6 Å². The molecule has 6 nitrogen and oxygen atoms in total. The number of H-pyrrole nitrogens is 1.